The third-order valence-electron chi connectivity index (χ3n) is 14.5. The third kappa shape index (κ3) is 13.8. The standard InChI is InChI=1S/C51H64BN3O16S4/c1-50(2)41-33-39(74(65,66)67)21-23-43(41)53(28-5-7-31-72(59,60)61)45(50)25-17-36-11-9-12-37(49(36)71-38-19-14-35(15-20-38)16-27-48(56)55-30-10-13-47(55)52(57)58)18-26-46-51(3,4)42-34-40(75(68,69)70)22-24-44(42)54(46)29-6-8-32-73(62,63)64/h14-15,17-26,33-34,47,57-58H,5-13,16,27-32H2,1-4H3,(H3-,59,60,61,62,63,64,65,66,67,68,69,70)/p+1/t47-/m0/s1. The summed E-state index contributed by atoms with van der Waals surface area (Å²) in [5, 5.41) is 19.6. The molecular formula is C51H65BN3O16S4+. The lowest BCUT2D eigenvalue weighted by Gasteiger charge is -2.27. The molecule has 0 bridgehead atoms. The molecule has 0 aromatic heterocycles. The van der Waals surface area contributed by atoms with Gasteiger partial charge in [0.25, 0.3) is 40.5 Å². The second kappa shape index (κ2) is 22.5. The first-order chi connectivity index (χ1) is 35.0. The molecule has 1 fully saturated rings. The van der Waals surface area contributed by atoms with Crippen molar-refractivity contribution in [3.63, 3.8) is 0 Å². The van der Waals surface area contributed by atoms with Crippen LogP contribution in [0.25, 0.3) is 0 Å². The van der Waals surface area contributed by atoms with E-state index in [1.165, 1.54) is 29.2 Å². The number of unbranched alkanes of at least 4 members (excludes halogenated alkanes) is 2. The van der Waals surface area contributed by atoms with Gasteiger partial charge in [-0.15, -0.1) is 0 Å². The summed E-state index contributed by atoms with van der Waals surface area (Å²) in [6.45, 7) is 8.68. The van der Waals surface area contributed by atoms with Crippen molar-refractivity contribution in [2.24, 2.45) is 0 Å². The van der Waals surface area contributed by atoms with Crippen LogP contribution >= 0.6 is 0 Å². The summed E-state index contributed by atoms with van der Waals surface area (Å²) in [6, 6.07) is 15.9. The van der Waals surface area contributed by atoms with Crippen LogP contribution in [-0.4, -0.2) is 127 Å². The molecule has 4 aliphatic rings. The summed E-state index contributed by atoms with van der Waals surface area (Å²) >= 11 is 0. The zero-order chi connectivity index (χ0) is 54.9. The van der Waals surface area contributed by atoms with Gasteiger partial charge in [0, 0.05) is 60.4 Å². The van der Waals surface area contributed by atoms with Gasteiger partial charge in [-0.25, -0.2) is 0 Å². The number of likely N-dealkylation sites (tertiary alicyclic amines) is 1. The van der Waals surface area contributed by atoms with Crippen LogP contribution in [0.2, 0.25) is 0 Å². The first-order valence-electron chi connectivity index (χ1n) is 24.8. The lowest BCUT2D eigenvalue weighted by molar-refractivity contribution is -0.438. The zero-order valence-corrected chi connectivity index (χ0v) is 45.6. The van der Waals surface area contributed by atoms with Gasteiger partial charge in [0.15, 0.2) is 5.71 Å². The van der Waals surface area contributed by atoms with E-state index in [4.69, 9.17) is 4.74 Å². The number of benzene rings is 3. The summed E-state index contributed by atoms with van der Waals surface area (Å²) in [6.07, 6.45) is 12.2. The van der Waals surface area contributed by atoms with Crippen LogP contribution in [0.4, 0.5) is 11.4 Å². The number of anilines is 1. The van der Waals surface area contributed by atoms with Gasteiger partial charge in [0.1, 0.15) is 18.1 Å². The SMILES string of the molecule is CC1(C)C(/C=C/C2=C(Oc3ccc(CCC(=O)N4CCC[C@H]4B(O)O)cc3)C(=C/C=C3/N(CCCCS(=O)(=O)O)c4ccc(S(=O)(=O)O)cc4C3(C)C)/CCC2)=[N+](CCCCS(=O)(=O)O)c2ccc(S(=O)(=O)O)cc21. The molecule has 3 aromatic rings. The molecule has 3 aliphatic heterocycles. The van der Waals surface area contributed by atoms with E-state index in [0.29, 0.717) is 105 Å². The Labute approximate surface area is 440 Å². The van der Waals surface area contributed by atoms with Crippen molar-refractivity contribution in [3.8, 4) is 5.75 Å². The quantitative estimate of drug-likeness (QED) is 0.0287. The molecule has 1 atom stereocenters. The number of fused-ring (bicyclic) bond motifs is 2. The maximum atomic E-state index is 13.1. The molecule has 3 aromatic carbocycles. The smallest absolute Gasteiger partial charge is 0.457 e. The maximum Gasteiger partial charge on any atom is 0.475 e. The number of ether oxygens (including phenoxy) is 1. The summed E-state index contributed by atoms with van der Waals surface area (Å²) in [4.78, 5) is 16.0. The number of aryl methyl sites for hydroxylation is 1. The Bertz CT molecular complexity index is 3330. The number of amides is 1. The van der Waals surface area contributed by atoms with Gasteiger partial charge in [-0.2, -0.15) is 38.2 Å². The van der Waals surface area contributed by atoms with E-state index in [-0.39, 0.29) is 35.0 Å². The summed E-state index contributed by atoms with van der Waals surface area (Å²) in [5.74, 6) is -0.719. The fraction of sp³-hybridized carbons (Fsp3) is 0.451. The molecule has 0 saturated carbocycles. The fourth-order valence-corrected chi connectivity index (χ4v) is 12.7. The van der Waals surface area contributed by atoms with E-state index in [0.717, 1.165) is 28.1 Å². The average Bonchev–Trinajstić information content (AvgIpc) is 3.96. The van der Waals surface area contributed by atoms with Crippen LogP contribution in [0.3, 0.4) is 0 Å². The molecule has 7 rings (SSSR count). The number of carbonyl (C=O) groups excluding carboxylic acids is 1. The first-order valence-corrected chi connectivity index (χ1v) is 30.9. The highest BCUT2D eigenvalue weighted by Crippen LogP contribution is 2.49. The van der Waals surface area contributed by atoms with Crippen molar-refractivity contribution in [1.82, 2.24) is 4.90 Å². The number of rotatable bonds is 21. The Balaban J connectivity index is 1.30. The molecule has 6 N–H and O–H groups in total. The van der Waals surface area contributed by atoms with Gasteiger partial charge in [-0.05, 0) is 149 Å². The summed E-state index contributed by atoms with van der Waals surface area (Å²) in [5.41, 5.74) is 4.70. The monoisotopic (exact) mass is 1110 g/mol. The average molecular weight is 1120 g/mol. The Hall–Kier alpha value is -5.02. The highest BCUT2D eigenvalue weighted by atomic mass is 32.2. The molecular weight excluding hydrogens is 1050 g/mol. The number of hydrogen-bond donors (Lipinski definition) is 6. The molecule has 0 radical (unpaired) electrons. The summed E-state index contributed by atoms with van der Waals surface area (Å²) < 4.78 is 143. The van der Waals surface area contributed by atoms with Crippen molar-refractivity contribution >= 4 is 70.6 Å². The van der Waals surface area contributed by atoms with E-state index in [1.54, 1.807) is 24.3 Å². The van der Waals surface area contributed by atoms with Crippen LogP contribution < -0.4 is 9.64 Å². The van der Waals surface area contributed by atoms with Crippen molar-refractivity contribution in [2.45, 2.75) is 125 Å². The van der Waals surface area contributed by atoms with Gasteiger partial charge >= 0.3 is 7.12 Å². The Morgan fingerprint density at radius 1 is 0.747 bits per heavy atom. The van der Waals surface area contributed by atoms with Gasteiger partial charge in [-0.3, -0.25) is 23.0 Å². The van der Waals surface area contributed by atoms with E-state index >= 15 is 0 Å². The lowest BCUT2D eigenvalue weighted by Crippen LogP contribution is -2.45. The van der Waals surface area contributed by atoms with Crippen molar-refractivity contribution in [2.75, 3.05) is 36.0 Å². The molecule has 3 heterocycles. The van der Waals surface area contributed by atoms with Crippen molar-refractivity contribution < 1.29 is 76.0 Å². The molecule has 0 unspecified atom stereocenters. The van der Waals surface area contributed by atoms with Gasteiger partial charge < -0.3 is 24.6 Å². The predicted molar refractivity (Wildman–Crippen MR) is 284 cm³/mol. The number of carbonyl (C=O) groups is 1. The largest absolute Gasteiger partial charge is 0.475 e. The number of allylic oxidation sites excluding steroid dienone is 7. The minimum absolute atomic E-state index is 0.144. The van der Waals surface area contributed by atoms with E-state index in [9.17, 15) is 66.7 Å². The predicted octanol–water partition coefficient (Wildman–Crippen LogP) is 6.51. The Morgan fingerprint density at radius 3 is 2.00 bits per heavy atom. The molecule has 24 heteroatoms. The fourth-order valence-electron chi connectivity index (χ4n) is 10.6. The molecule has 406 valence electrons. The lowest BCUT2D eigenvalue weighted by atomic mass is 9.78. The van der Waals surface area contributed by atoms with Crippen molar-refractivity contribution in [1.29, 1.82) is 0 Å². The molecule has 19 nitrogen and oxygen atoms in total. The maximum absolute atomic E-state index is 13.1. The van der Waals surface area contributed by atoms with Crippen LogP contribution in [0, 0.1) is 0 Å². The molecule has 1 amide bonds. The normalized spacial score (nSPS) is 19.9. The first kappa shape index (κ1) is 57.7. The van der Waals surface area contributed by atoms with E-state index in [2.05, 4.69) is 0 Å². The number of hydrogen-bond acceptors (Lipinski definition) is 13. The molecule has 75 heavy (non-hydrogen) atoms. The minimum Gasteiger partial charge on any atom is -0.457 e. The van der Waals surface area contributed by atoms with E-state index < -0.39 is 75.9 Å². The second-order valence-electron chi connectivity index (χ2n) is 20.5. The Kier molecular flexibility index (Phi) is 17.3. The second-order valence-corrected chi connectivity index (χ2v) is 26.5. The number of nitrogens with zero attached hydrogens (tertiary/aromatic N) is 3. The highest BCUT2D eigenvalue weighted by molar-refractivity contribution is 7.86. The molecule has 1 saturated heterocycles. The van der Waals surface area contributed by atoms with Gasteiger partial charge in [0.2, 0.25) is 11.6 Å². The van der Waals surface area contributed by atoms with Gasteiger partial charge in [-0.1, -0.05) is 32.1 Å². The van der Waals surface area contributed by atoms with Crippen LogP contribution in [0.1, 0.15) is 109 Å². The van der Waals surface area contributed by atoms with Crippen molar-refractivity contribution in [3.05, 3.63) is 124 Å². The van der Waals surface area contributed by atoms with Crippen LogP contribution in [-0.2, 0) is 62.5 Å². The van der Waals surface area contributed by atoms with Crippen LogP contribution in [0.5, 0.6) is 5.75 Å². The summed E-state index contributed by atoms with van der Waals surface area (Å²) in [7, 11) is -19.2. The van der Waals surface area contributed by atoms with Gasteiger partial charge in [0.05, 0.1) is 32.7 Å². The minimum atomic E-state index is -4.57. The third-order valence-corrected chi connectivity index (χ3v) is 17.8. The van der Waals surface area contributed by atoms with E-state index in [1.807, 2.05) is 73.6 Å². The highest BCUT2D eigenvalue weighted by Gasteiger charge is 2.45. The topological polar surface area (TPSA) is 294 Å². The zero-order valence-electron chi connectivity index (χ0n) is 42.3. The molecule has 0 spiro atoms. The molecule has 1 aliphatic carbocycles. The Morgan fingerprint density at radius 2 is 1.37 bits per heavy atom. The van der Waals surface area contributed by atoms with Crippen LogP contribution in [0.15, 0.2) is 117 Å².